The van der Waals surface area contributed by atoms with Crippen molar-refractivity contribution >= 4 is 35.5 Å². The number of ether oxygens (including phenoxy) is 1. The van der Waals surface area contributed by atoms with Crippen LogP contribution in [0.2, 0.25) is 5.02 Å². The molecule has 0 unspecified atom stereocenters. The number of rotatable bonds is 6. The molecule has 1 N–H and O–H groups in total. The van der Waals surface area contributed by atoms with Gasteiger partial charge in [0.15, 0.2) is 5.65 Å². The number of anilines is 1. The number of aromatic nitrogens is 3. The van der Waals surface area contributed by atoms with Crippen LogP contribution in [-0.4, -0.2) is 27.7 Å². The first-order valence-corrected chi connectivity index (χ1v) is 10.5. The third-order valence-corrected chi connectivity index (χ3v) is 6.05. The Morgan fingerprint density at radius 1 is 1.24 bits per heavy atom. The van der Waals surface area contributed by atoms with E-state index >= 15 is 0 Å². The second-order valence-corrected chi connectivity index (χ2v) is 7.85. The van der Waals surface area contributed by atoms with Crippen LogP contribution in [0.4, 0.5) is 5.82 Å². The average Bonchev–Trinajstić information content (AvgIpc) is 3.29. The average molecular weight is 435 g/mol. The standard InChI is InChI=1S/C22H27ClN4O.ClH/c1-5-14(6-2)24-21-17-8-7-9-19(17)25-22-20(13(3)26-27(21)22)16-11-10-15(28-4)12-18(16)23;/h10-12,14,24H,5-9H2,1-4H3;1H. The molecule has 0 bridgehead atoms. The van der Waals surface area contributed by atoms with Gasteiger partial charge in [-0.25, -0.2) is 4.98 Å². The Morgan fingerprint density at radius 2 is 2.00 bits per heavy atom. The Hall–Kier alpha value is -1.98. The molecule has 7 heteroatoms. The van der Waals surface area contributed by atoms with E-state index in [-0.39, 0.29) is 12.4 Å². The molecule has 0 aliphatic heterocycles. The van der Waals surface area contributed by atoms with E-state index in [2.05, 4.69) is 19.2 Å². The third-order valence-electron chi connectivity index (χ3n) is 5.74. The molecule has 0 fully saturated rings. The van der Waals surface area contributed by atoms with E-state index in [9.17, 15) is 0 Å². The van der Waals surface area contributed by atoms with Crippen molar-refractivity contribution in [1.29, 1.82) is 0 Å². The SMILES string of the molecule is CCC(CC)Nc1c2c(nc3c(-c4ccc(OC)cc4Cl)c(C)nn13)CCC2.Cl. The van der Waals surface area contributed by atoms with Crippen molar-refractivity contribution in [2.75, 3.05) is 12.4 Å². The van der Waals surface area contributed by atoms with Crippen molar-refractivity contribution in [1.82, 2.24) is 14.6 Å². The number of methoxy groups -OCH3 is 1. The molecule has 0 amide bonds. The summed E-state index contributed by atoms with van der Waals surface area (Å²) in [5, 5.41) is 9.28. The Balaban J connectivity index is 0.00000240. The van der Waals surface area contributed by atoms with Crippen LogP contribution in [0.25, 0.3) is 16.8 Å². The number of nitrogens with zero attached hydrogens (tertiary/aromatic N) is 3. The van der Waals surface area contributed by atoms with Crippen molar-refractivity contribution in [2.24, 2.45) is 0 Å². The van der Waals surface area contributed by atoms with E-state index in [1.807, 2.05) is 29.6 Å². The summed E-state index contributed by atoms with van der Waals surface area (Å²) in [6, 6.07) is 6.19. The summed E-state index contributed by atoms with van der Waals surface area (Å²) in [7, 11) is 1.65. The summed E-state index contributed by atoms with van der Waals surface area (Å²) in [5.41, 5.74) is 6.24. The molecule has 0 saturated heterocycles. The number of halogens is 2. The van der Waals surface area contributed by atoms with E-state index in [1.54, 1.807) is 7.11 Å². The van der Waals surface area contributed by atoms with Gasteiger partial charge in [-0.15, -0.1) is 12.4 Å². The lowest BCUT2D eigenvalue weighted by Gasteiger charge is -2.19. The minimum atomic E-state index is 0. The van der Waals surface area contributed by atoms with Crippen LogP contribution >= 0.6 is 24.0 Å². The summed E-state index contributed by atoms with van der Waals surface area (Å²) in [6.45, 7) is 6.46. The zero-order valence-corrected chi connectivity index (χ0v) is 19.0. The molecule has 0 radical (unpaired) electrons. The van der Waals surface area contributed by atoms with E-state index in [1.165, 1.54) is 11.3 Å². The molecule has 0 atom stereocenters. The van der Waals surface area contributed by atoms with Crippen LogP contribution in [0.1, 0.15) is 50.1 Å². The zero-order valence-electron chi connectivity index (χ0n) is 17.4. The molecule has 2 aromatic heterocycles. The van der Waals surface area contributed by atoms with Crippen LogP contribution in [0.5, 0.6) is 5.75 Å². The summed E-state index contributed by atoms with van der Waals surface area (Å²) >= 11 is 6.60. The second-order valence-electron chi connectivity index (χ2n) is 7.44. The highest BCUT2D eigenvalue weighted by Crippen LogP contribution is 2.38. The van der Waals surface area contributed by atoms with Gasteiger partial charge in [0.2, 0.25) is 0 Å². The van der Waals surface area contributed by atoms with Crippen LogP contribution in [0, 0.1) is 6.92 Å². The van der Waals surface area contributed by atoms with Gasteiger partial charge < -0.3 is 10.1 Å². The molecule has 4 rings (SSSR count). The Labute approximate surface area is 183 Å². The molecule has 5 nitrogen and oxygen atoms in total. The number of aryl methyl sites for hydroxylation is 2. The highest BCUT2D eigenvalue weighted by molar-refractivity contribution is 6.33. The van der Waals surface area contributed by atoms with Gasteiger partial charge in [0.25, 0.3) is 0 Å². The molecule has 156 valence electrons. The molecule has 2 heterocycles. The maximum absolute atomic E-state index is 6.60. The van der Waals surface area contributed by atoms with Gasteiger partial charge in [0.1, 0.15) is 11.6 Å². The molecule has 1 aliphatic carbocycles. The maximum Gasteiger partial charge on any atom is 0.165 e. The van der Waals surface area contributed by atoms with Gasteiger partial charge in [0, 0.05) is 22.9 Å². The second kappa shape index (κ2) is 8.80. The number of fused-ring (bicyclic) bond motifs is 2. The fourth-order valence-electron chi connectivity index (χ4n) is 4.11. The molecule has 29 heavy (non-hydrogen) atoms. The summed E-state index contributed by atoms with van der Waals surface area (Å²) in [6.07, 6.45) is 5.37. The molecular weight excluding hydrogens is 407 g/mol. The molecule has 1 aromatic carbocycles. The third kappa shape index (κ3) is 3.78. The lowest BCUT2D eigenvalue weighted by molar-refractivity contribution is 0.415. The smallest absolute Gasteiger partial charge is 0.165 e. The van der Waals surface area contributed by atoms with E-state index in [0.29, 0.717) is 11.1 Å². The van der Waals surface area contributed by atoms with Gasteiger partial charge in [-0.1, -0.05) is 25.4 Å². The van der Waals surface area contributed by atoms with Gasteiger partial charge in [-0.05, 0) is 57.2 Å². The van der Waals surface area contributed by atoms with Crippen LogP contribution in [-0.2, 0) is 12.8 Å². The molecule has 3 aromatic rings. The zero-order chi connectivity index (χ0) is 19.8. The van der Waals surface area contributed by atoms with E-state index in [4.69, 9.17) is 26.4 Å². The highest BCUT2D eigenvalue weighted by atomic mass is 35.5. The fourth-order valence-corrected chi connectivity index (χ4v) is 4.38. The normalized spacial score (nSPS) is 12.9. The number of nitrogens with one attached hydrogen (secondary N) is 1. The predicted octanol–water partition coefficient (Wildman–Crippen LogP) is 5.88. The minimum absolute atomic E-state index is 0. The van der Waals surface area contributed by atoms with Crippen molar-refractivity contribution in [3.8, 4) is 16.9 Å². The summed E-state index contributed by atoms with van der Waals surface area (Å²) < 4.78 is 7.30. The molecule has 0 spiro atoms. The van der Waals surface area contributed by atoms with Gasteiger partial charge >= 0.3 is 0 Å². The van der Waals surface area contributed by atoms with Gasteiger partial charge in [-0.3, -0.25) is 0 Å². The minimum Gasteiger partial charge on any atom is -0.497 e. The first-order chi connectivity index (χ1) is 13.6. The summed E-state index contributed by atoms with van der Waals surface area (Å²) in [5.74, 6) is 1.85. The van der Waals surface area contributed by atoms with Crippen molar-refractivity contribution in [3.63, 3.8) is 0 Å². The van der Waals surface area contributed by atoms with Crippen LogP contribution in [0.3, 0.4) is 0 Å². The first-order valence-electron chi connectivity index (χ1n) is 10.1. The van der Waals surface area contributed by atoms with Crippen LogP contribution < -0.4 is 10.1 Å². The van der Waals surface area contributed by atoms with Crippen molar-refractivity contribution in [3.05, 3.63) is 40.2 Å². The first kappa shape index (κ1) is 21.7. The van der Waals surface area contributed by atoms with E-state index < -0.39 is 0 Å². The van der Waals surface area contributed by atoms with Crippen LogP contribution in [0.15, 0.2) is 18.2 Å². The molecule has 1 aliphatic rings. The van der Waals surface area contributed by atoms with Crippen molar-refractivity contribution < 1.29 is 4.74 Å². The van der Waals surface area contributed by atoms with Gasteiger partial charge in [-0.2, -0.15) is 9.61 Å². The van der Waals surface area contributed by atoms with Gasteiger partial charge in [0.05, 0.1) is 23.4 Å². The van der Waals surface area contributed by atoms with E-state index in [0.717, 1.165) is 66.1 Å². The Bertz CT molecular complexity index is 1030. The lowest BCUT2D eigenvalue weighted by Crippen LogP contribution is -2.21. The Morgan fingerprint density at radius 3 is 2.66 bits per heavy atom. The maximum atomic E-state index is 6.60. The number of benzene rings is 1. The Kier molecular flexibility index (Phi) is 6.59. The summed E-state index contributed by atoms with van der Waals surface area (Å²) in [4.78, 5) is 5.03. The largest absolute Gasteiger partial charge is 0.497 e. The number of hydrogen-bond acceptors (Lipinski definition) is 4. The number of hydrogen-bond donors (Lipinski definition) is 1. The lowest BCUT2D eigenvalue weighted by atomic mass is 10.1. The fraction of sp³-hybridized carbons (Fsp3) is 0.455. The monoisotopic (exact) mass is 434 g/mol. The topological polar surface area (TPSA) is 51.5 Å². The molecule has 0 saturated carbocycles. The highest BCUT2D eigenvalue weighted by Gasteiger charge is 2.25. The predicted molar refractivity (Wildman–Crippen MR) is 122 cm³/mol. The quantitative estimate of drug-likeness (QED) is 0.526. The van der Waals surface area contributed by atoms with Crippen molar-refractivity contribution in [2.45, 2.75) is 58.9 Å². The molecular formula is C22H28Cl2N4O.